The number of benzene rings is 1. The van der Waals surface area contributed by atoms with Gasteiger partial charge >= 0.3 is 0 Å². The molecule has 0 aromatic heterocycles. The van der Waals surface area contributed by atoms with Gasteiger partial charge in [-0.05, 0) is 38.5 Å². The zero-order valence-electron chi connectivity index (χ0n) is 11.0. The summed E-state index contributed by atoms with van der Waals surface area (Å²) >= 11 is 0. The molecule has 0 fully saturated rings. The van der Waals surface area contributed by atoms with E-state index >= 15 is 0 Å². The minimum Gasteiger partial charge on any atom is -0.397 e. The topological polar surface area (TPSA) is 98.2 Å². The van der Waals surface area contributed by atoms with E-state index in [1.807, 2.05) is 13.8 Å². The van der Waals surface area contributed by atoms with E-state index in [2.05, 4.69) is 12.2 Å². The lowest BCUT2D eigenvalue weighted by molar-refractivity contribution is 0.511. The average molecular weight is 271 g/mol. The molecule has 1 aromatic carbocycles. The molecule has 0 bridgehead atoms. The summed E-state index contributed by atoms with van der Waals surface area (Å²) in [6.45, 7) is 6.17. The van der Waals surface area contributed by atoms with E-state index in [4.69, 9.17) is 10.9 Å². The Morgan fingerprint density at radius 3 is 2.44 bits per heavy atom. The molecule has 102 valence electrons. The maximum atomic E-state index is 11.3. The first-order valence-electron chi connectivity index (χ1n) is 5.86. The van der Waals surface area contributed by atoms with Crippen LogP contribution in [0, 0.1) is 0 Å². The Hall–Kier alpha value is -1.27. The lowest BCUT2D eigenvalue weighted by Gasteiger charge is -2.28. The molecule has 0 aliphatic carbocycles. The number of hydrogen-bond acceptors (Lipinski definition) is 4. The monoisotopic (exact) mass is 271 g/mol. The summed E-state index contributed by atoms with van der Waals surface area (Å²) in [7, 11) is -3.71. The van der Waals surface area contributed by atoms with Crippen LogP contribution in [0.15, 0.2) is 23.1 Å². The number of nitrogens with two attached hydrogens (primary N) is 2. The minimum atomic E-state index is -3.71. The van der Waals surface area contributed by atoms with E-state index in [1.165, 1.54) is 12.1 Å². The summed E-state index contributed by atoms with van der Waals surface area (Å²) in [6, 6.07) is 4.43. The van der Waals surface area contributed by atoms with Crippen LogP contribution in [-0.2, 0) is 10.0 Å². The van der Waals surface area contributed by atoms with Crippen molar-refractivity contribution >= 4 is 21.4 Å². The van der Waals surface area contributed by atoms with Gasteiger partial charge in [-0.2, -0.15) is 0 Å². The molecule has 0 saturated heterocycles. The van der Waals surface area contributed by atoms with Crippen LogP contribution in [0.5, 0.6) is 0 Å². The Morgan fingerprint density at radius 2 is 1.94 bits per heavy atom. The van der Waals surface area contributed by atoms with E-state index in [0.717, 1.165) is 12.8 Å². The summed E-state index contributed by atoms with van der Waals surface area (Å²) < 4.78 is 22.6. The Kier molecular flexibility index (Phi) is 4.24. The highest BCUT2D eigenvalue weighted by atomic mass is 32.2. The molecule has 0 atom stereocenters. The van der Waals surface area contributed by atoms with Gasteiger partial charge in [0.05, 0.1) is 16.3 Å². The SMILES string of the molecule is CCCC(C)(C)Nc1cc(S(N)(=O)=O)ccc1N. The van der Waals surface area contributed by atoms with Gasteiger partial charge < -0.3 is 11.1 Å². The van der Waals surface area contributed by atoms with Crippen molar-refractivity contribution in [1.82, 2.24) is 0 Å². The van der Waals surface area contributed by atoms with E-state index < -0.39 is 10.0 Å². The van der Waals surface area contributed by atoms with Crippen LogP contribution in [0.3, 0.4) is 0 Å². The molecule has 1 aromatic rings. The second-order valence-electron chi connectivity index (χ2n) is 5.05. The standard InChI is InChI=1S/C12H21N3O2S/c1-4-7-12(2,3)15-11-8-9(18(14,16)17)5-6-10(11)13/h5-6,8,15H,4,7,13H2,1-3H3,(H2,14,16,17). The van der Waals surface area contributed by atoms with Crippen molar-refractivity contribution in [2.24, 2.45) is 5.14 Å². The van der Waals surface area contributed by atoms with Crippen molar-refractivity contribution in [3.63, 3.8) is 0 Å². The third kappa shape index (κ3) is 3.89. The Labute approximate surface area is 109 Å². The Morgan fingerprint density at radius 1 is 1.33 bits per heavy atom. The molecule has 0 aliphatic heterocycles. The van der Waals surface area contributed by atoms with Crippen LogP contribution in [0.4, 0.5) is 11.4 Å². The highest BCUT2D eigenvalue weighted by molar-refractivity contribution is 7.89. The summed E-state index contributed by atoms with van der Waals surface area (Å²) in [4.78, 5) is 0.0616. The molecule has 1 rings (SSSR count). The fraction of sp³-hybridized carbons (Fsp3) is 0.500. The van der Waals surface area contributed by atoms with Crippen molar-refractivity contribution in [1.29, 1.82) is 0 Å². The third-order valence-electron chi connectivity index (χ3n) is 2.70. The molecule has 5 N–H and O–H groups in total. The van der Waals surface area contributed by atoms with Crippen LogP contribution in [0.1, 0.15) is 33.6 Å². The number of hydrogen-bond donors (Lipinski definition) is 3. The number of primary sulfonamides is 1. The number of nitrogens with one attached hydrogen (secondary N) is 1. The summed E-state index contributed by atoms with van der Waals surface area (Å²) in [5, 5.41) is 8.36. The van der Waals surface area contributed by atoms with E-state index in [0.29, 0.717) is 11.4 Å². The first-order valence-corrected chi connectivity index (χ1v) is 7.41. The lowest BCUT2D eigenvalue weighted by atomic mass is 9.98. The normalized spacial score (nSPS) is 12.4. The smallest absolute Gasteiger partial charge is 0.238 e. The van der Waals surface area contributed by atoms with Crippen LogP contribution < -0.4 is 16.2 Å². The van der Waals surface area contributed by atoms with Crippen molar-refractivity contribution in [3.8, 4) is 0 Å². The second-order valence-corrected chi connectivity index (χ2v) is 6.61. The summed E-state index contributed by atoms with van der Waals surface area (Å²) in [5.41, 5.74) is 6.79. The van der Waals surface area contributed by atoms with Gasteiger partial charge in [-0.3, -0.25) is 0 Å². The molecule has 5 nitrogen and oxygen atoms in total. The van der Waals surface area contributed by atoms with Gasteiger partial charge in [-0.25, -0.2) is 13.6 Å². The van der Waals surface area contributed by atoms with Gasteiger partial charge in [0, 0.05) is 5.54 Å². The molecular weight excluding hydrogens is 250 g/mol. The quantitative estimate of drug-likeness (QED) is 0.712. The van der Waals surface area contributed by atoms with Crippen molar-refractivity contribution < 1.29 is 8.42 Å². The van der Waals surface area contributed by atoms with E-state index in [1.54, 1.807) is 6.07 Å². The fourth-order valence-electron chi connectivity index (χ4n) is 1.87. The highest BCUT2D eigenvalue weighted by Crippen LogP contribution is 2.27. The van der Waals surface area contributed by atoms with Crippen molar-refractivity contribution in [2.75, 3.05) is 11.1 Å². The average Bonchev–Trinajstić information content (AvgIpc) is 2.19. The zero-order chi connectivity index (χ0) is 14.0. The Balaban J connectivity index is 3.10. The fourth-order valence-corrected chi connectivity index (χ4v) is 2.41. The third-order valence-corrected chi connectivity index (χ3v) is 3.61. The van der Waals surface area contributed by atoms with E-state index in [9.17, 15) is 8.42 Å². The van der Waals surface area contributed by atoms with Gasteiger partial charge in [-0.15, -0.1) is 0 Å². The molecule has 0 aliphatic rings. The van der Waals surface area contributed by atoms with Gasteiger partial charge in [0.25, 0.3) is 0 Å². The first kappa shape index (κ1) is 14.8. The molecule has 0 spiro atoms. The number of nitrogen functional groups attached to an aromatic ring is 1. The van der Waals surface area contributed by atoms with Gasteiger partial charge in [0.2, 0.25) is 10.0 Å². The molecule has 0 heterocycles. The second kappa shape index (κ2) is 5.16. The summed E-state index contributed by atoms with van der Waals surface area (Å²) in [6.07, 6.45) is 1.97. The van der Waals surface area contributed by atoms with Crippen LogP contribution >= 0.6 is 0 Å². The summed E-state index contributed by atoms with van der Waals surface area (Å²) in [5.74, 6) is 0. The van der Waals surface area contributed by atoms with Gasteiger partial charge in [0.1, 0.15) is 0 Å². The minimum absolute atomic E-state index is 0.0616. The van der Waals surface area contributed by atoms with Crippen molar-refractivity contribution in [3.05, 3.63) is 18.2 Å². The zero-order valence-corrected chi connectivity index (χ0v) is 11.8. The predicted molar refractivity (Wildman–Crippen MR) is 74.8 cm³/mol. The van der Waals surface area contributed by atoms with E-state index in [-0.39, 0.29) is 10.4 Å². The van der Waals surface area contributed by atoms with Gasteiger partial charge in [0.15, 0.2) is 0 Å². The molecule has 0 radical (unpaired) electrons. The number of rotatable bonds is 5. The molecular formula is C12H21N3O2S. The van der Waals surface area contributed by atoms with Crippen LogP contribution in [0.25, 0.3) is 0 Å². The predicted octanol–water partition coefficient (Wildman–Crippen LogP) is 1.91. The van der Waals surface area contributed by atoms with Crippen LogP contribution in [0.2, 0.25) is 0 Å². The Bertz CT molecular complexity index is 524. The largest absolute Gasteiger partial charge is 0.397 e. The maximum absolute atomic E-state index is 11.3. The maximum Gasteiger partial charge on any atom is 0.238 e. The molecule has 6 heteroatoms. The van der Waals surface area contributed by atoms with Crippen LogP contribution in [-0.4, -0.2) is 14.0 Å². The number of anilines is 2. The highest BCUT2D eigenvalue weighted by Gasteiger charge is 2.18. The van der Waals surface area contributed by atoms with Gasteiger partial charge in [-0.1, -0.05) is 13.3 Å². The number of sulfonamides is 1. The van der Waals surface area contributed by atoms with Crippen molar-refractivity contribution in [2.45, 2.75) is 44.0 Å². The molecule has 18 heavy (non-hydrogen) atoms. The molecule has 0 saturated carbocycles. The molecule has 0 amide bonds. The molecule has 0 unspecified atom stereocenters. The lowest BCUT2D eigenvalue weighted by Crippen LogP contribution is -2.31. The first-order chi connectivity index (χ1) is 8.15.